The Morgan fingerprint density at radius 3 is 1.45 bits per heavy atom. The number of nitrogens with zero attached hydrogens (tertiary/aromatic N) is 4. The molecule has 200 valence electrons. The van der Waals surface area contributed by atoms with E-state index in [1.54, 1.807) is 72.8 Å². The van der Waals surface area contributed by atoms with Crippen LogP contribution < -0.4 is 0 Å². The van der Waals surface area contributed by atoms with Gasteiger partial charge in [0, 0.05) is 0 Å². The normalized spacial score (nSPS) is 18.0. The van der Waals surface area contributed by atoms with Gasteiger partial charge in [0.05, 0.1) is 45.4 Å². The van der Waals surface area contributed by atoms with Crippen LogP contribution in [0.3, 0.4) is 0 Å². The van der Waals surface area contributed by atoms with Crippen LogP contribution in [-0.2, 0) is 9.47 Å². The fourth-order valence-electron chi connectivity index (χ4n) is 4.56. The van der Waals surface area contributed by atoms with Crippen molar-refractivity contribution in [3.05, 3.63) is 167 Å². The molecule has 5 aliphatic heterocycles. The number of rotatable bonds is 4. The molecule has 8 nitrogen and oxygen atoms in total. The number of carbonyl (C=O) groups excluding carboxylic acids is 2. The predicted molar refractivity (Wildman–Crippen MR) is 160 cm³/mol. The van der Waals surface area contributed by atoms with Crippen LogP contribution in [0.2, 0.25) is 0 Å². The van der Waals surface area contributed by atoms with Crippen molar-refractivity contribution in [1.29, 1.82) is 0 Å². The third-order valence-electron chi connectivity index (χ3n) is 6.53. The van der Waals surface area contributed by atoms with Crippen LogP contribution in [0, 0.1) is 0 Å². The standard InChI is InChI=1S/C34H20N4O4/c39-33(21-7-3-1-4-8-21)41-31-29-19-27-15-13-25(36-27)17-23-11-12-24(35-23)18-26-14-16-28(37-26)20-30(38-29)32(31)42-34(40)22-9-5-2-6-10-22/h1-20H. The van der Waals surface area contributed by atoms with Crippen LogP contribution in [0.5, 0.6) is 0 Å². The second kappa shape index (κ2) is 10.5. The number of ether oxygens (including phenoxy) is 2. The van der Waals surface area contributed by atoms with E-state index in [1.807, 2.05) is 48.6 Å². The number of esters is 2. The van der Waals surface area contributed by atoms with Gasteiger partial charge in [0.15, 0.2) is 0 Å². The van der Waals surface area contributed by atoms with Gasteiger partial charge in [-0.25, -0.2) is 29.6 Å². The van der Waals surface area contributed by atoms with Crippen molar-refractivity contribution in [3.8, 4) is 0 Å². The van der Waals surface area contributed by atoms with E-state index >= 15 is 0 Å². The minimum atomic E-state index is -0.627. The van der Waals surface area contributed by atoms with E-state index < -0.39 is 11.9 Å². The van der Waals surface area contributed by atoms with Gasteiger partial charge in [-0.15, -0.1) is 0 Å². The van der Waals surface area contributed by atoms with Crippen LogP contribution >= 0.6 is 0 Å². The van der Waals surface area contributed by atoms with Crippen LogP contribution in [0.25, 0.3) is 0 Å². The first-order valence-corrected chi connectivity index (χ1v) is 13.1. The zero-order valence-electron chi connectivity index (χ0n) is 22.0. The number of allylic oxidation sites excluding steroid dienone is 10. The van der Waals surface area contributed by atoms with Crippen molar-refractivity contribution in [2.75, 3.05) is 0 Å². The molecule has 2 aromatic carbocycles. The first kappa shape index (κ1) is 25.0. The number of aliphatic imine (C=N–C) groups is 4. The molecule has 8 heteroatoms. The van der Waals surface area contributed by atoms with E-state index in [4.69, 9.17) is 14.5 Å². The molecule has 0 fully saturated rings. The molecule has 5 aliphatic rings. The molecule has 0 saturated heterocycles. The van der Waals surface area contributed by atoms with Gasteiger partial charge in [0.2, 0.25) is 11.5 Å². The van der Waals surface area contributed by atoms with Crippen LogP contribution in [0.4, 0.5) is 0 Å². The lowest BCUT2D eigenvalue weighted by Crippen LogP contribution is -2.13. The smallest absolute Gasteiger partial charge is 0.343 e. The lowest BCUT2D eigenvalue weighted by molar-refractivity contribution is 0.0557. The highest BCUT2D eigenvalue weighted by atomic mass is 16.6. The molecule has 0 unspecified atom stereocenters. The summed E-state index contributed by atoms with van der Waals surface area (Å²) in [4.78, 5) is 45.2. The third kappa shape index (κ3) is 5.12. The van der Waals surface area contributed by atoms with E-state index in [0.29, 0.717) is 33.9 Å². The van der Waals surface area contributed by atoms with Crippen molar-refractivity contribution in [2.45, 2.75) is 0 Å². The van der Waals surface area contributed by atoms with Crippen molar-refractivity contribution >= 4 is 34.8 Å². The summed E-state index contributed by atoms with van der Waals surface area (Å²) in [5.41, 5.74) is 5.26. The monoisotopic (exact) mass is 548 g/mol. The summed E-state index contributed by atoms with van der Waals surface area (Å²) < 4.78 is 11.8. The van der Waals surface area contributed by atoms with E-state index in [0.717, 1.165) is 11.4 Å². The van der Waals surface area contributed by atoms with Crippen molar-refractivity contribution in [2.24, 2.45) is 20.0 Å². The third-order valence-corrected chi connectivity index (χ3v) is 6.53. The quantitative estimate of drug-likeness (QED) is 0.441. The summed E-state index contributed by atoms with van der Waals surface area (Å²) in [5.74, 6) is -1.26. The van der Waals surface area contributed by atoms with Gasteiger partial charge in [0.25, 0.3) is 0 Å². The highest BCUT2D eigenvalue weighted by molar-refractivity contribution is 6.17. The molecule has 7 rings (SSSR count). The van der Waals surface area contributed by atoms with Crippen molar-refractivity contribution < 1.29 is 19.1 Å². The van der Waals surface area contributed by atoms with Gasteiger partial charge in [-0.1, -0.05) is 36.4 Å². The topological polar surface area (TPSA) is 102 Å². The average molecular weight is 549 g/mol. The summed E-state index contributed by atoms with van der Waals surface area (Å²) >= 11 is 0. The number of hydrogen-bond acceptors (Lipinski definition) is 8. The Morgan fingerprint density at radius 2 is 0.929 bits per heavy atom. The van der Waals surface area contributed by atoms with Gasteiger partial charge in [-0.2, -0.15) is 0 Å². The Labute approximate surface area is 240 Å². The molecule has 0 saturated carbocycles. The van der Waals surface area contributed by atoms with Crippen molar-refractivity contribution in [3.63, 3.8) is 0 Å². The molecular weight excluding hydrogens is 528 g/mol. The summed E-state index contributed by atoms with van der Waals surface area (Å²) in [6, 6.07) is 17.1. The minimum absolute atomic E-state index is 0.00232. The Morgan fingerprint density at radius 1 is 0.476 bits per heavy atom. The first-order valence-electron chi connectivity index (χ1n) is 13.1. The lowest BCUT2D eigenvalue weighted by atomic mass is 10.2. The highest BCUT2D eigenvalue weighted by Crippen LogP contribution is 2.32. The molecule has 0 atom stereocenters. The summed E-state index contributed by atoms with van der Waals surface area (Å²) in [6.07, 6.45) is 18.3. The average Bonchev–Trinajstić information content (AvgIpc) is 3.81. The Balaban J connectivity index is 1.37. The van der Waals surface area contributed by atoms with Gasteiger partial charge in [-0.05, 0) is 85.0 Å². The predicted octanol–water partition coefficient (Wildman–Crippen LogP) is 5.95. The SMILES string of the molecule is O=C(OC1=C(OC(=O)c2ccccc2)C2=NC1=CC1=NC(=CC3=NC(=CC4=NC(=C2)C=C4)C=C3)C=C1)c1ccccc1. The molecule has 0 spiro atoms. The second-order valence-corrected chi connectivity index (χ2v) is 9.51. The maximum Gasteiger partial charge on any atom is 0.343 e. The molecule has 0 aliphatic carbocycles. The van der Waals surface area contributed by atoms with Gasteiger partial charge in [0.1, 0.15) is 11.4 Å². The van der Waals surface area contributed by atoms with Crippen molar-refractivity contribution in [1.82, 2.24) is 0 Å². The summed E-state index contributed by atoms with van der Waals surface area (Å²) in [7, 11) is 0. The zero-order chi connectivity index (χ0) is 28.5. The lowest BCUT2D eigenvalue weighted by Gasteiger charge is -2.11. The molecule has 0 amide bonds. The molecule has 42 heavy (non-hydrogen) atoms. The maximum absolute atomic E-state index is 13.2. The number of carbonyl (C=O) groups is 2. The van der Waals surface area contributed by atoms with Gasteiger partial charge in [-0.3, -0.25) is 0 Å². The van der Waals surface area contributed by atoms with E-state index in [-0.39, 0.29) is 22.9 Å². The zero-order valence-corrected chi connectivity index (χ0v) is 22.0. The molecule has 0 aromatic heterocycles. The molecule has 0 N–H and O–H groups in total. The Bertz CT molecular complexity index is 1930. The summed E-state index contributed by atoms with van der Waals surface area (Å²) in [6.45, 7) is 0. The number of benzene rings is 2. The second-order valence-electron chi connectivity index (χ2n) is 9.51. The fraction of sp³-hybridized carbons (Fsp3) is 0. The number of hydrogen-bond donors (Lipinski definition) is 0. The van der Waals surface area contributed by atoms with Gasteiger partial charge >= 0.3 is 11.9 Å². The van der Waals surface area contributed by atoms with Crippen LogP contribution in [0.15, 0.2) is 176 Å². The molecular formula is C34H20N4O4. The largest absolute Gasteiger partial charge is 0.416 e. The summed E-state index contributed by atoms with van der Waals surface area (Å²) in [5, 5.41) is 0. The number of fused-ring (bicyclic) bond motifs is 4. The maximum atomic E-state index is 13.2. The Kier molecular flexibility index (Phi) is 6.25. The molecule has 8 bridgehead atoms. The first-order chi connectivity index (χ1) is 20.6. The molecule has 2 aromatic rings. The van der Waals surface area contributed by atoms with Gasteiger partial charge < -0.3 is 9.47 Å². The van der Waals surface area contributed by atoms with E-state index in [9.17, 15) is 9.59 Å². The fourth-order valence-corrected chi connectivity index (χ4v) is 4.56. The Hall–Kier alpha value is -6.02. The minimum Gasteiger partial charge on any atom is -0.416 e. The van der Waals surface area contributed by atoms with E-state index in [2.05, 4.69) is 15.0 Å². The highest BCUT2D eigenvalue weighted by Gasteiger charge is 2.32. The van der Waals surface area contributed by atoms with E-state index in [1.165, 1.54) is 0 Å². The van der Waals surface area contributed by atoms with Crippen LogP contribution in [0.1, 0.15) is 20.7 Å². The van der Waals surface area contributed by atoms with Crippen LogP contribution in [-0.4, -0.2) is 34.8 Å². The molecule has 0 radical (unpaired) electrons. The molecule has 5 heterocycles.